The SMILES string of the molecule is COC(=O)CN1C(=O)S/C(=C\c2cc(Br)ccc2O)C1=O. The number of halogens is 1. The number of thioether (sulfide) groups is 1. The molecule has 6 nitrogen and oxygen atoms in total. The summed E-state index contributed by atoms with van der Waals surface area (Å²) in [6.07, 6.45) is 1.41. The Morgan fingerprint density at radius 3 is 2.86 bits per heavy atom. The summed E-state index contributed by atoms with van der Waals surface area (Å²) in [4.78, 5) is 35.9. The van der Waals surface area contributed by atoms with E-state index in [0.29, 0.717) is 17.3 Å². The lowest BCUT2D eigenvalue weighted by Crippen LogP contribution is -2.34. The first-order chi connectivity index (χ1) is 9.92. The normalized spacial score (nSPS) is 16.7. The van der Waals surface area contributed by atoms with E-state index in [1.807, 2.05) is 0 Å². The van der Waals surface area contributed by atoms with Gasteiger partial charge in [0.1, 0.15) is 12.3 Å². The zero-order valence-electron chi connectivity index (χ0n) is 10.8. The van der Waals surface area contributed by atoms with Crippen LogP contribution in [-0.4, -0.2) is 40.8 Å². The second kappa shape index (κ2) is 6.31. The van der Waals surface area contributed by atoms with Crippen molar-refractivity contribution in [2.24, 2.45) is 0 Å². The molecular weight excluding hydrogens is 362 g/mol. The number of hydrogen-bond acceptors (Lipinski definition) is 6. The number of carbonyl (C=O) groups excluding carboxylic acids is 3. The topological polar surface area (TPSA) is 83.9 Å². The lowest BCUT2D eigenvalue weighted by molar-refractivity contribution is -0.143. The molecule has 1 aromatic carbocycles. The minimum Gasteiger partial charge on any atom is -0.507 e. The Hall–Kier alpha value is -1.80. The van der Waals surface area contributed by atoms with E-state index < -0.39 is 23.7 Å². The van der Waals surface area contributed by atoms with E-state index in [2.05, 4.69) is 20.7 Å². The van der Waals surface area contributed by atoms with E-state index >= 15 is 0 Å². The third kappa shape index (κ3) is 3.45. The summed E-state index contributed by atoms with van der Waals surface area (Å²) in [5, 5.41) is 9.19. The predicted molar refractivity (Wildman–Crippen MR) is 80.5 cm³/mol. The van der Waals surface area contributed by atoms with Crippen molar-refractivity contribution >= 4 is 50.9 Å². The molecule has 0 radical (unpaired) electrons. The molecule has 2 rings (SSSR count). The maximum atomic E-state index is 12.1. The molecule has 0 saturated carbocycles. The fourth-order valence-electron chi connectivity index (χ4n) is 1.61. The minimum atomic E-state index is -0.677. The number of rotatable bonds is 3. The van der Waals surface area contributed by atoms with Crippen molar-refractivity contribution in [3.63, 3.8) is 0 Å². The zero-order chi connectivity index (χ0) is 15.6. The predicted octanol–water partition coefficient (Wildman–Crippen LogP) is 2.36. The fraction of sp³-hybridized carbons (Fsp3) is 0.154. The molecule has 0 spiro atoms. The molecule has 0 atom stereocenters. The summed E-state index contributed by atoms with van der Waals surface area (Å²) >= 11 is 3.96. The summed E-state index contributed by atoms with van der Waals surface area (Å²) in [5.41, 5.74) is 0.396. The van der Waals surface area contributed by atoms with Gasteiger partial charge in [-0.25, -0.2) is 0 Å². The van der Waals surface area contributed by atoms with Gasteiger partial charge < -0.3 is 9.84 Å². The fourth-order valence-corrected chi connectivity index (χ4v) is 2.82. The molecule has 2 amide bonds. The van der Waals surface area contributed by atoms with Crippen LogP contribution in [0.5, 0.6) is 5.75 Å². The highest BCUT2D eigenvalue weighted by Crippen LogP contribution is 2.34. The van der Waals surface area contributed by atoms with Gasteiger partial charge in [-0.3, -0.25) is 19.3 Å². The molecular formula is C13H10BrNO5S. The molecule has 1 saturated heterocycles. The average Bonchev–Trinajstić information content (AvgIpc) is 2.70. The first kappa shape index (κ1) is 15.6. The second-order valence-electron chi connectivity index (χ2n) is 4.05. The van der Waals surface area contributed by atoms with Crippen molar-refractivity contribution in [3.8, 4) is 5.75 Å². The van der Waals surface area contributed by atoms with Crippen LogP contribution in [0.2, 0.25) is 0 Å². The zero-order valence-corrected chi connectivity index (χ0v) is 13.2. The Bertz CT molecular complexity index is 658. The van der Waals surface area contributed by atoms with E-state index in [1.165, 1.54) is 19.3 Å². The van der Waals surface area contributed by atoms with E-state index in [1.54, 1.807) is 12.1 Å². The largest absolute Gasteiger partial charge is 0.507 e. The third-order valence-corrected chi connectivity index (χ3v) is 4.07. The van der Waals surface area contributed by atoms with Gasteiger partial charge in [-0.1, -0.05) is 15.9 Å². The van der Waals surface area contributed by atoms with Gasteiger partial charge in [0.25, 0.3) is 11.1 Å². The van der Waals surface area contributed by atoms with Crippen molar-refractivity contribution in [1.82, 2.24) is 4.90 Å². The Morgan fingerprint density at radius 2 is 2.19 bits per heavy atom. The van der Waals surface area contributed by atoms with Crippen LogP contribution in [0, 0.1) is 0 Å². The van der Waals surface area contributed by atoms with Crippen LogP contribution in [-0.2, 0) is 14.3 Å². The first-order valence-corrected chi connectivity index (χ1v) is 7.34. The molecule has 0 bridgehead atoms. The molecule has 1 N–H and O–H groups in total. The van der Waals surface area contributed by atoms with Gasteiger partial charge in [-0.2, -0.15) is 0 Å². The lowest BCUT2D eigenvalue weighted by Gasteiger charge is -2.09. The molecule has 0 unspecified atom stereocenters. The highest BCUT2D eigenvalue weighted by atomic mass is 79.9. The number of aromatic hydroxyl groups is 1. The number of imide groups is 1. The quantitative estimate of drug-likeness (QED) is 0.648. The molecule has 8 heteroatoms. The van der Waals surface area contributed by atoms with E-state index in [9.17, 15) is 19.5 Å². The van der Waals surface area contributed by atoms with Gasteiger partial charge in [0.2, 0.25) is 0 Å². The molecule has 1 aliphatic heterocycles. The summed E-state index contributed by atoms with van der Waals surface area (Å²) in [6.45, 7) is -0.428. The van der Waals surface area contributed by atoms with Crippen molar-refractivity contribution in [2.45, 2.75) is 0 Å². The monoisotopic (exact) mass is 371 g/mol. The maximum Gasteiger partial charge on any atom is 0.325 e. The Kier molecular flexibility index (Phi) is 4.69. The number of nitrogens with zero attached hydrogens (tertiary/aromatic N) is 1. The second-order valence-corrected chi connectivity index (χ2v) is 5.96. The number of esters is 1. The molecule has 0 aliphatic carbocycles. The summed E-state index contributed by atoms with van der Waals surface area (Å²) in [6, 6.07) is 4.73. The van der Waals surface area contributed by atoms with Gasteiger partial charge in [0.15, 0.2) is 0 Å². The maximum absolute atomic E-state index is 12.1. The van der Waals surface area contributed by atoms with Crippen molar-refractivity contribution in [1.29, 1.82) is 0 Å². The molecule has 0 aromatic heterocycles. The van der Waals surface area contributed by atoms with Crippen LogP contribution < -0.4 is 0 Å². The molecule has 21 heavy (non-hydrogen) atoms. The Balaban J connectivity index is 2.28. The number of hydrogen-bond donors (Lipinski definition) is 1. The van der Waals surface area contributed by atoms with Crippen LogP contribution in [0.3, 0.4) is 0 Å². The Labute approximate surface area is 132 Å². The first-order valence-electron chi connectivity index (χ1n) is 5.73. The number of phenols is 1. The Morgan fingerprint density at radius 1 is 1.48 bits per heavy atom. The summed E-state index contributed by atoms with van der Waals surface area (Å²) < 4.78 is 5.16. The number of methoxy groups -OCH3 is 1. The van der Waals surface area contributed by atoms with Crippen molar-refractivity contribution in [3.05, 3.63) is 33.1 Å². The van der Waals surface area contributed by atoms with E-state index in [-0.39, 0.29) is 10.7 Å². The van der Waals surface area contributed by atoms with Gasteiger partial charge in [-0.05, 0) is 36.0 Å². The summed E-state index contributed by atoms with van der Waals surface area (Å²) in [7, 11) is 1.18. The highest BCUT2D eigenvalue weighted by Gasteiger charge is 2.36. The lowest BCUT2D eigenvalue weighted by atomic mass is 10.2. The molecule has 1 heterocycles. The van der Waals surface area contributed by atoms with Crippen LogP contribution in [0.4, 0.5) is 4.79 Å². The minimum absolute atomic E-state index is 0.0158. The molecule has 110 valence electrons. The van der Waals surface area contributed by atoms with Crippen molar-refractivity contribution in [2.75, 3.05) is 13.7 Å². The number of benzene rings is 1. The van der Waals surface area contributed by atoms with Gasteiger partial charge >= 0.3 is 5.97 Å². The third-order valence-electron chi connectivity index (χ3n) is 2.66. The van der Waals surface area contributed by atoms with E-state index in [4.69, 9.17) is 0 Å². The van der Waals surface area contributed by atoms with Crippen LogP contribution >= 0.6 is 27.7 Å². The van der Waals surface area contributed by atoms with Crippen LogP contribution in [0.25, 0.3) is 6.08 Å². The summed E-state index contributed by atoms with van der Waals surface area (Å²) in [5.74, 6) is -1.28. The van der Waals surface area contributed by atoms with Gasteiger partial charge in [0, 0.05) is 10.0 Å². The van der Waals surface area contributed by atoms with Crippen LogP contribution in [0.1, 0.15) is 5.56 Å². The number of phenolic OH excluding ortho intramolecular Hbond substituents is 1. The number of amides is 2. The smallest absolute Gasteiger partial charge is 0.325 e. The molecule has 1 aliphatic rings. The van der Waals surface area contributed by atoms with Crippen LogP contribution in [0.15, 0.2) is 27.6 Å². The molecule has 1 aromatic rings. The average molecular weight is 372 g/mol. The van der Waals surface area contributed by atoms with E-state index in [0.717, 1.165) is 9.37 Å². The number of ether oxygens (including phenoxy) is 1. The van der Waals surface area contributed by atoms with Crippen molar-refractivity contribution < 1.29 is 24.2 Å². The number of carbonyl (C=O) groups is 3. The van der Waals surface area contributed by atoms with Gasteiger partial charge in [0.05, 0.1) is 12.0 Å². The standard InChI is InChI=1S/C13H10BrNO5S/c1-20-11(17)6-15-12(18)10(21-13(15)19)5-7-4-8(14)2-3-9(7)16/h2-5,16H,6H2,1H3/b10-5-. The molecule has 1 fully saturated rings. The van der Waals surface area contributed by atoms with Gasteiger partial charge in [-0.15, -0.1) is 0 Å². The highest BCUT2D eigenvalue weighted by molar-refractivity contribution is 9.10.